The van der Waals surface area contributed by atoms with Crippen LogP contribution in [0.5, 0.6) is 0 Å². The maximum atomic E-state index is 13.4. The number of nitrogens with one attached hydrogen (secondary N) is 2. The first kappa shape index (κ1) is 25.3. The lowest BCUT2D eigenvalue weighted by Crippen LogP contribution is -2.42. The molecule has 4 aromatic rings. The highest BCUT2D eigenvalue weighted by atomic mass is 19.4. The molecule has 0 spiro atoms. The van der Waals surface area contributed by atoms with Crippen molar-refractivity contribution in [1.29, 1.82) is 0 Å². The molecule has 2 amide bonds. The number of halogens is 3. The van der Waals surface area contributed by atoms with Gasteiger partial charge in [0.1, 0.15) is 0 Å². The van der Waals surface area contributed by atoms with Crippen LogP contribution in [-0.4, -0.2) is 41.0 Å². The molecule has 2 aromatic carbocycles. The van der Waals surface area contributed by atoms with Crippen molar-refractivity contribution in [2.45, 2.75) is 25.4 Å². The number of fused-ring (bicyclic) bond motifs is 1. The standard InChI is InChI=1S/C29H25F3N4O2/c30-29(31,32)28(38)36(16-4-7-19-5-2-1-3-6-19)22-10-8-20(9-11-22)25-17-21(12-14-33-25)26-18-23-24(35-26)13-15-34-27(23)37/h1-3,5-6,8-12,14,17-18,35H,4,7,13,15-16H2,(H,34,37). The Labute approximate surface area is 217 Å². The number of aromatic amines is 1. The third-order valence-corrected chi connectivity index (χ3v) is 6.53. The molecule has 0 bridgehead atoms. The molecule has 2 aromatic heterocycles. The van der Waals surface area contributed by atoms with Crippen molar-refractivity contribution in [3.63, 3.8) is 0 Å². The maximum absolute atomic E-state index is 13.4. The van der Waals surface area contributed by atoms with Crippen LogP contribution in [0, 0.1) is 0 Å². The van der Waals surface area contributed by atoms with E-state index < -0.39 is 12.1 Å². The Balaban J connectivity index is 1.36. The molecule has 0 saturated carbocycles. The number of alkyl halides is 3. The third-order valence-electron chi connectivity index (χ3n) is 6.53. The number of H-pyrrole nitrogens is 1. The molecule has 9 heteroatoms. The molecule has 3 heterocycles. The van der Waals surface area contributed by atoms with Gasteiger partial charge in [0.15, 0.2) is 0 Å². The zero-order valence-corrected chi connectivity index (χ0v) is 20.4. The second kappa shape index (κ2) is 10.5. The molecule has 0 saturated heterocycles. The Morgan fingerprint density at radius 1 is 0.974 bits per heavy atom. The molecular weight excluding hydrogens is 493 g/mol. The molecule has 0 aliphatic carbocycles. The molecule has 2 N–H and O–H groups in total. The van der Waals surface area contributed by atoms with Crippen molar-refractivity contribution in [1.82, 2.24) is 15.3 Å². The van der Waals surface area contributed by atoms with Gasteiger partial charge in [0.2, 0.25) is 0 Å². The van der Waals surface area contributed by atoms with E-state index in [9.17, 15) is 22.8 Å². The van der Waals surface area contributed by atoms with Gasteiger partial charge in [0.25, 0.3) is 5.91 Å². The van der Waals surface area contributed by atoms with Crippen LogP contribution in [0.15, 0.2) is 79.0 Å². The van der Waals surface area contributed by atoms with Crippen LogP contribution in [0.25, 0.3) is 22.5 Å². The van der Waals surface area contributed by atoms with E-state index in [1.807, 2.05) is 48.5 Å². The quantitative estimate of drug-likeness (QED) is 0.336. The van der Waals surface area contributed by atoms with Crippen molar-refractivity contribution in [2.24, 2.45) is 0 Å². The van der Waals surface area contributed by atoms with E-state index in [-0.39, 0.29) is 18.1 Å². The minimum atomic E-state index is -4.98. The summed E-state index contributed by atoms with van der Waals surface area (Å²) in [6, 6.07) is 21.2. The van der Waals surface area contributed by atoms with Gasteiger partial charge in [0.05, 0.1) is 11.3 Å². The van der Waals surface area contributed by atoms with Crippen LogP contribution < -0.4 is 10.2 Å². The number of anilines is 1. The molecule has 194 valence electrons. The van der Waals surface area contributed by atoms with Gasteiger partial charge in [-0.25, -0.2) is 0 Å². The summed E-state index contributed by atoms with van der Waals surface area (Å²) in [4.78, 5) is 32.8. The monoisotopic (exact) mass is 518 g/mol. The molecule has 1 aliphatic heterocycles. The number of pyridine rings is 1. The van der Waals surface area contributed by atoms with E-state index >= 15 is 0 Å². The highest BCUT2D eigenvalue weighted by molar-refractivity contribution is 5.98. The number of rotatable bonds is 7. The van der Waals surface area contributed by atoms with Crippen LogP contribution in [0.3, 0.4) is 0 Å². The minimum Gasteiger partial charge on any atom is -0.358 e. The Morgan fingerprint density at radius 3 is 2.45 bits per heavy atom. The van der Waals surface area contributed by atoms with Gasteiger partial charge in [0, 0.05) is 53.9 Å². The number of amides is 2. The fraction of sp³-hybridized carbons (Fsp3) is 0.207. The third kappa shape index (κ3) is 5.46. The second-order valence-electron chi connectivity index (χ2n) is 9.10. The van der Waals surface area contributed by atoms with Crippen molar-refractivity contribution < 1.29 is 22.8 Å². The summed E-state index contributed by atoms with van der Waals surface area (Å²) in [5.41, 5.74) is 5.59. The Morgan fingerprint density at radius 2 is 1.74 bits per heavy atom. The number of aryl methyl sites for hydroxylation is 1. The summed E-state index contributed by atoms with van der Waals surface area (Å²) in [7, 11) is 0. The van der Waals surface area contributed by atoms with Gasteiger partial charge < -0.3 is 15.2 Å². The normalized spacial score (nSPS) is 13.1. The van der Waals surface area contributed by atoms with Gasteiger partial charge >= 0.3 is 12.1 Å². The zero-order valence-electron chi connectivity index (χ0n) is 20.4. The molecular formula is C29H25F3N4O2. The number of benzene rings is 2. The smallest absolute Gasteiger partial charge is 0.358 e. The lowest BCUT2D eigenvalue weighted by atomic mass is 10.1. The van der Waals surface area contributed by atoms with E-state index in [1.54, 1.807) is 18.3 Å². The molecule has 1 aliphatic rings. The molecule has 0 fully saturated rings. The molecule has 6 nitrogen and oxygen atoms in total. The average Bonchev–Trinajstić information content (AvgIpc) is 3.37. The van der Waals surface area contributed by atoms with Gasteiger partial charge in [-0.3, -0.25) is 14.6 Å². The molecule has 38 heavy (non-hydrogen) atoms. The van der Waals surface area contributed by atoms with Gasteiger partial charge in [-0.1, -0.05) is 42.5 Å². The topological polar surface area (TPSA) is 78.1 Å². The van der Waals surface area contributed by atoms with Crippen LogP contribution >= 0.6 is 0 Å². The summed E-state index contributed by atoms with van der Waals surface area (Å²) in [6.07, 6.45) is -1.68. The van der Waals surface area contributed by atoms with E-state index in [2.05, 4.69) is 15.3 Å². The second-order valence-corrected chi connectivity index (χ2v) is 9.10. The van der Waals surface area contributed by atoms with E-state index in [0.717, 1.165) is 33.8 Å². The Bertz CT molecular complexity index is 1450. The van der Waals surface area contributed by atoms with Crippen LogP contribution in [0.4, 0.5) is 18.9 Å². The SMILES string of the molecule is O=C1NCCc2[nH]c(-c3ccnc(-c4ccc(N(CCCc5ccccc5)C(=O)C(F)(F)F)cc4)c3)cc21. The summed E-state index contributed by atoms with van der Waals surface area (Å²) >= 11 is 0. The van der Waals surface area contributed by atoms with Gasteiger partial charge in [-0.05, 0) is 48.7 Å². The predicted molar refractivity (Wildman–Crippen MR) is 139 cm³/mol. The van der Waals surface area contributed by atoms with Crippen LogP contribution in [0.1, 0.15) is 28.0 Å². The molecule has 0 radical (unpaired) electrons. The Kier molecular flexibility index (Phi) is 7.00. The van der Waals surface area contributed by atoms with Crippen LogP contribution in [0.2, 0.25) is 0 Å². The largest absolute Gasteiger partial charge is 0.471 e. The maximum Gasteiger partial charge on any atom is 0.471 e. The van der Waals surface area contributed by atoms with Crippen molar-refractivity contribution in [2.75, 3.05) is 18.0 Å². The Hall–Kier alpha value is -4.40. The van der Waals surface area contributed by atoms with Gasteiger partial charge in [-0.2, -0.15) is 13.2 Å². The molecule has 0 atom stereocenters. The van der Waals surface area contributed by atoms with Crippen LogP contribution in [-0.2, 0) is 17.6 Å². The first-order chi connectivity index (χ1) is 18.3. The molecule has 5 rings (SSSR count). The number of carbonyl (C=O) groups is 2. The summed E-state index contributed by atoms with van der Waals surface area (Å²) < 4.78 is 40.1. The van der Waals surface area contributed by atoms with E-state index in [4.69, 9.17) is 0 Å². The fourth-order valence-electron chi connectivity index (χ4n) is 4.60. The lowest BCUT2D eigenvalue weighted by molar-refractivity contribution is -0.170. The number of nitrogens with zero attached hydrogens (tertiary/aromatic N) is 2. The first-order valence-electron chi connectivity index (χ1n) is 12.3. The number of aromatic nitrogens is 2. The summed E-state index contributed by atoms with van der Waals surface area (Å²) in [6.45, 7) is 0.519. The van der Waals surface area contributed by atoms with Gasteiger partial charge in [-0.15, -0.1) is 0 Å². The number of hydrogen-bond acceptors (Lipinski definition) is 3. The predicted octanol–water partition coefficient (Wildman–Crippen LogP) is 5.56. The average molecular weight is 519 g/mol. The highest BCUT2D eigenvalue weighted by Crippen LogP contribution is 2.30. The fourth-order valence-corrected chi connectivity index (χ4v) is 4.60. The van der Waals surface area contributed by atoms with Crippen molar-refractivity contribution >= 4 is 17.5 Å². The van der Waals surface area contributed by atoms with Crippen molar-refractivity contribution in [3.05, 3.63) is 95.8 Å². The highest BCUT2D eigenvalue weighted by Gasteiger charge is 2.42. The first-order valence-corrected chi connectivity index (χ1v) is 12.3. The lowest BCUT2D eigenvalue weighted by Gasteiger charge is -2.24. The van der Waals surface area contributed by atoms with E-state index in [0.29, 0.717) is 36.2 Å². The van der Waals surface area contributed by atoms with Crippen molar-refractivity contribution in [3.8, 4) is 22.5 Å². The summed E-state index contributed by atoms with van der Waals surface area (Å²) in [5.74, 6) is -2.00. The number of carbonyl (C=O) groups excluding carboxylic acids is 2. The van der Waals surface area contributed by atoms with E-state index in [1.165, 1.54) is 12.1 Å². The summed E-state index contributed by atoms with van der Waals surface area (Å²) in [5, 5.41) is 2.82. The minimum absolute atomic E-state index is 0.0641. The zero-order chi connectivity index (χ0) is 26.7. The number of hydrogen-bond donors (Lipinski definition) is 2. The molecule has 0 unspecified atom stereocenters.